The van der Waals surface area contributed by atoms with Crippen molar-refractivity contribution in [3.05, 3.63) is 65.7 Å². The zero-order valence-corrected chi connectivity index (χ0v) is 18.9. The van der Waals surface area contributed by atoms with Gasteiger partial charge in [-0.15, -0.1) is 0 Å². The standard InChI is InChI=1S/C24H32N2O4S/c1-2-30-23-14-6-11-21(17-23)18-25-24(27)22-13-7-15-26(19-22)31(28,29)16-8-12-20-9-4-3-5-10-20/h3-6,9-11,14,17,22H,2,7-8,12-13,15-16,18-19H2,1H3,(H,25,27)/t22-/m1/s1. The van der Waals surface area contributed by atoms with E-state index < -0.39 is 10.0 Å². The fourth-order valence-corrected chi connectivity index (χ4v) is 5.47. The molecule has 7 heteroatoms. The third kappa shape index (κ3) is 7.08. The maximum absolute atomic E-state index is 12.8. The maximum Gasteiger partial charge on any atom is 0.224 e. The van der Waals surface area contributed by atoms with Crippen LogP contribution >= 0.6 is 0 Å². The topological polar surface area (TPSA) is 75.7 Å². The smallest absolute Gasteiger partial charge is 0.224 e. The van der Waals surface area contributed by atoms with Gasteiger partial charge in [0, 0.05) is 19.6 Å². The van der Waals surface area contributed by atoms with Crippen LogP contribution in [0.3, 0.4) is 0 Å². The van der Waals surface area contributed by atoms with Crippen LogP contribution < -0.4 is 10.1 Å². The van der Waals surface area contributed by atoms with E-state index in [0.717, 1.165) is 23.3 Å². The monoisotopic (exact) mass is 444 g/mol. The SMILES string of the molecule is CCOc1cccc(CNC(=O)[C@@H]2CCCN(S(=O)(=O)CCCc3ccccc3)C2)c1. The summed E-state index contributed by atoms with van der Waals surface area (Å²) in [6, 6.07) is 17.5. The number of nitrogens with zero attached hydrogens (tertiary/aromatic N) is 1. The van der Waals surface area contributed by atoms with Gasteiger partial charge in [0.2, 0.25) is 15.9 Å². The van der Waals surface area contributed by atoms with Crippen LogP contribution in [0.5, 0.6) is 5.75 Å². The highest BCUT2D eigenvalue weighted by Crippen LogP contribution is 2.21. The van der Waals surface area contributed by atoms with Crippen molar-refractivity contribution in [1.82, 2.24) is 9.62 Å². The van der Waals surface area contributed by atoms with Crippen LogP contribution in [-0.2, 0) is 27.8 Å². The Balaban J connectivity index is 1.49. The molecule has 2 aromatic rings. The summed E-state index contributed by atoms with van der Waals surface area (Å²) >= 11 is 0. The molecular formula is C24H32N2O4S. The molecule has 31 heavy (non-hydrogen) atoms. The molecule has 0 aromatic heterocycles. The molecule has 0 unspecified atom stereocenters. The third-order valence-electron chi connectivity index (χ3n) is 5.54. The van der Waals surface area contributed by atoms with Crippen molar-refractivity contribution in [2.75, 3.05) is 25.4 Å². The number of carbonyl (C=O) groups is 1. The summed E-state index contributed by atoms with van der Waals surface area (Å²) in [5, 5.41) is 2.96. The number of carbonyl (C=O) groups excluding carboxylic acids is 1. The first-order chi connectivity index (χ1) is 15.0. The molecule has 1 saturated heterocycles. The summed E-state index contributed by atoms with van der Waals surface area (Å²) < 4.78 is 32.6. The quantitative estimate of drug-likeness (QED) is 0.610. The molecule has 1 amide bonds. The summed E-state index contributed by atoms with van der Waals surface area (Å²) in [5.74, 6) is 0.485. The van der Waals surface area contributed by atoms with E-state index >= 15 is 0 Å². The molecule has 168 valence electrons. The predicted molar refractivity (Wildman–Crippen MR) is 122 cm³/mol. The van der Waals surface area contributed by atoms with Gasteiger partial charge in [-0.25, -0.2) is 12.7 Å². The second-order valence-corrected chi connectivity index (χ2v) is 9.99. The minimum atomic E-state index is -3.36. The molecule has 0 radical (unpaired) electrons. The van der Waals surface area contributed by atoms with Gasteiger partial charge in [-0.3, -0.25) is 4.79 Å². The van der Waals surface area contributed by atoms with Crippen molar-refractivity contribution in [2.24, 2.45) is 5.92 Å². The van der Waals surface area contributed by atoms with Crippen LogP contribution in [0.2, 0.25) is 0 Å². The molecule has 1 atom stereocenters. The third-order valence-corrected chi connectivity index (χ3v) is 7.46. The lowest BCUT2D eigenvalue weighted by molar-refractivity contribution is -0.126. The van der Waals surface area contributed by atoms with Crippen LogP contribution in [-0.4, -0.2) is 44.1 Å². The molecule has 1 aliphatic heterocycles. The molecule has 0 aliphatic carbocycles. The summed E-state index contributed by atoms with van der Waals surface area (Å²) in [6.07, 6.45) is 2.73. The van der Waals surface area contributed by atoms with Gasteiger partial charge in [-0.2, -0.15) is 0 Å². The van der Waals surface area contributed by atoms with Crippen LogP contribution in [0.15, 0.2) is 54.6 Å². The number of ether oxygens (including phenoxy) is 1. The molecule has 3 rings (SSSR count). The number of sulfonamides is 1. The van der Waals surface area contributed by atoms with E-state index in [4.69, 9.17) is 4.74 Å². The van der Waals surface area contributed by atoms with Crippen molar-refractivity contribution in [3.8, 4) is 5.75 Å². The van der Waals surface area contributed by atoms with Gasteiger partial charge in [-0.1, -0.05) is 42.5 Å². The Hall–Kier alpha value is -2.38. The lowest BCUT2D eigenvalue weighted by atomic mass is 9.99. The molecule has 0 spiro atoms. The van der Waals surface area contributed by atoms with E-state index in [-0.39, 0.29) is 24.1 Å². The Morgan fingerprint density at radius 3 is 2.68 bits per heavy atom. The fourth-order valence-electron chi connectivity index (χ4n) is 3.89. The number of amides is 1. The summed E-state index contributed by atoms with van der Waals surface area (Å²) in [6.45, 7) is 3.68. The van der Waals surface area contributed by atoms with Crippen LogP contribution in [0, 0.1) is 5.92 Å². The van der Waals surface area contributed by atoms with Crippen LogP contribution in [0.4, 0.5) is 0 Å². The van der Waals surface area contributed by atoms with Crippen molar-refractivity contribution in [1.29, 1.82) is 0 Å². The number of piperidine rings is 1. The number of hydrogen-bond donors (Lipinski definition) is 1. The zero-order chi connectivity index (χ0) is 22.1. The van der Waals surface area contributed by atoms with Gasteiger partial charge in [-0.05, 0) is 55.9 Å². The van der Waals surface area contributed by atoms with Crippen molar-refractivity contribution >= 4 is 15.9 Å². The predicted octanol–water partition coefficient (Wildman–Crippen LogP) is 3.38. The molecular weight excluding hydrogens is 412 g/mol. The Labute approximate surface area is 185 Å². The summed E-state index contributed by atoms with van der Waals surface area (Å²) in [4.78, 5) is 12.7. The first-order valence-electron chi connectivity index (χ1n) is 11.0. The van der Waals surface area contributed by atoms with Crippen LogP contribution in [0.1, 0.15) is 37.3 Å². The van der Waals surface area contributed by atoms with E-state index in [2.05, 4.69) is 5.32 Å². The Bertz CT molecular complexity index is 947. The number of benzene rings is 2. The Kier molecular flexibility index (Phi) is 8.49. The lowest BCUT2D eigenvalue weighted by Gasteiger charge is -2.31. The minimum absolute atomic E-state index is 0.0917. The second-order valence-electron chi connectivity index (χ2n) is 7.90. The minimum Gasteiger partial charge on any atom is -0.494 e. The molecule has 1 heterocycles. The Morgan fingerprint density at radius 2 is 1.90 bits per heavy atom. The summed E-state index contributed by atoms with van der Waals surface area (Å²) in [7, 11) is -3.36. The first-order valence-corrected chi connectivity index (χ1v) is 12.6. The highest BCUT2D eigenvalue weighted by Gasteiger charge is 2.31. The van der Waals surface area contributed by atoms with E-state index in [1.54, 1.807) is 0 Å². The molecule has 0 saturated carbocycles. The Morgan fingerprint density at radius 1 is 1.13 bits per heavy atom. The lowest BCUT2D eigenvalue weighted by Crippen LogP contribution is -2.46. The molecule has 1 aliphatic rings. The number of aryl methyl sites for hydroxylation is 1. The van der Waals surface area contributed by atoms with Gasteiger partial charge in [0.05, 0.1) is 18.3 Å². The van der Waals surface area contributed by atoms with Gasteiger partial charge in [0.25, 0.3) is 0 Å². The number of nitrogens with one attached hydrogen (secondary N) is 1. The van der Waals surface area contributed by atoms with E-state index in [0.29, 0.717) is 39.0 Å². The second kappa shape index (κ2) is 11.3. The fraction of sp³-hybridized carbons (Fsp3) is 0.458. The normalized spacial score (nSPS) is 17.3. The molecule has 0 bridgehead atoms. The van der Waals surface area contributed by atoms with Gasteiger partial charge in [0.1, 0.15) is 5.75 Å². The number of rotatable bonds is 10. The molecule has 1 N–H and O–H groups in total. The van der Waals surface area contributed by atoms with Gasteiger partial charge >= 0.3 is 0 Å². The summed E-state index contributed by atoms with van der Waals surface area (Å²) in [5.41, 5.74) is 2.10. The first kappa shape index (κ1) is 23.3. The highest BCUT2D eigenvalue weighted by atomic mass is 32.2. The van der Waals surface area contributed by atoms with E-state index in [9.17, 15) is 13.2 Å². The van der Waals surface area contributed by atoms with E-state index in [1.165, 1.54) is 4.31 Å². The number of hydrogen-bond acceptors (Lipinski definition) is 4. The van der Waals surface area contributed by atoms with Crippen molar-refractivity contribution in [3.63, 3.8) is 0 Å². The van der Waals surface area contributed by atoms with Gasteiger partial charge in [0.15, 0.2) is 0 Å². The van der Waals surface area contributed by atoms with E-state index in [1.807, 2.05) is 61.5 Å². The van der Waals surface area contributed by atoms with Gasteiger partial charge < -0.3 is 10.1 Å². The average Bonchev–Trinajstić information content (AvgIpc) is 2.79. The average molecular weight is 445 g/mol. The highest BCUT2D eigenvalue weighted by molar-refractivity contribution is 7.89. The molecule has 2 aromatic carbocycles. The van der Waals surface area contributed by atoms with Crippen molar-refractivity contribution < 1.29 is 17.9 Å². The maximum atomic E-state index is 12.8. The van der Waals surface area contributed by atoms with Crippen molar-refractivity contribution in [2.45, 2.75) is 39.2 Å². The molecule has 1 fully saturated rings. The zero-order valence-electron chi connectivity index (χ0n) is 18.1. The largest absolute Gasteiger partial charge is 0.494 e. The van der Waals surface area contributed by atoms with Crippen LogP contribution in [0.25, 0.3) is 0 Å². The molecule has 6 nitrogen and oxygen atoms in total.